The molecule has 2 rings (SSSR count). The van der Waals surface area contributed by atoms with E-state index in [1.54, 1.807) is 32.2 Å². The maximum Gasteiger partial charge on any atom is 0.251 e. The van der Waals surface area contributed by atoms with E-state index in [1.165, 1.54) is 6.20 Å². The van der Waals surface area contributed by atoms with Crippen molar-refractivity contribution < 1.29 is 4.79 Å². The highest BCUT2D eigenvalue weighted by molar-refractivity contribution is 6.06. The van der Waals surface area contributed by atoms with Crippen molar-refractivity contribution in [3.63, 3.8) is 0 Å². The Labute approximate surface area is 141 Å². The van der Waals surface area contributed by atoms with Crippen LogP contribution in [0.3, 0.4) is 0 Å². The smallest absolute Gasteiger partial charge is 0.251 e. The molecule has 2 aromatic carbocycles. The van der Waals surface area contributed by atoms with E-state index in [2.05, 4.69) is 16.4 Å². The van der Waals surface area contributed by atoms with Gasteiger partial charge < -0.3 is 11.1 Å². The first-order valence-corrected chi connectivity index (χ1v) is 7.56. The van der Waals surface area contributed by atoms with Crippen LogP contribution in [-0.2, 0) is 4.79 Å². The molecule has 0 atom stereocenters. The van der Waals surface area contributed by atoms with Crippen LogP contribution in [-0.4, -0.2) is 17.7 Å². The minimum atomic E-state index is -0.945. The molecule has 0 aromatic heterocycles. The normalized spacial score (nSPS) is 12.3. The van der Waals surface area contributed by atoms with Crippen molar-refractivity contribution in [2.24, 2.45) is 10.7 Å². The van der Waals surface area contributed by atoms with Gasteiger partial charge in [-0.05, 0) is 44.7 Å². The van der Waals surface area contributed by atoms with Gasteiger partial charge in [-0.3, -0.25) is 9.79 Å². The van der Waals surface area contributed by atoms with E-state index in [9.17, 15) is 10.1 Å². The minimum absolute atomic E-state index is 0.238. The number of amides is 1. The summed E-state index contributed by atoms with van der Waals surface area (Å²) in [5.41, 5.74) is 6.47. The average molecular weight is 320 g/mol. The lowest BCUT2D eigenvalue weighted by Gasteiger charge is -2.20. The van der Waals surface area contributed by atoms with Crippen molar-refractivity contribution in [3.8, 4) is 6.07 Å². The van der Waals surface area contributed by atoms with Crippen LogP contribution in [0.15, 0.2) is 53.2 Å². The van der Waals surface area contributed by atoms with Gasteiger partial charge in [-0.1, -0.05) is 24.3 Å². The molecule has 0 saturated carbocycles. The lowest BCUT2D eigenvalue weighted by molar-refractivity contribution is -0.119. The zero-order valence-electron chi connectivity index (χ0n) is 14.0. The highest BCUT2D eigenvalue weighted by atomic mass is 16.2. The second kappa shape index (κ2) is 6.97. The van der Waals surface area contributed by atoms with Gasteiger partial charge in [0.2, 0.25) is 0 Å². The summed E-state index contributed by atoms with van der Waals surface area (Å²) in [6.45, 7) is 5.27. The zero-order chi connectivity index (χ0) is 17.7. The van der Waals surface area contributed by atoms with Crippen molar-refractivity contribution in [1.29, 1.82) is 5.26 Å². The molecule has 0 aliphatic heterocycles. The Morgan fingerprint density at radius 1 is 1.25 bits per heavy atom. The van der Waals surface area contributed by atoms with Crippen LogP contribution in [0.25, 0.3) is 10.8 Å². The van der Waals surface area contributed by atoms with Gasteiger partial charge in [0.25, 0.3) is 5.91 Å². The molecule has 5 heteroatoms. The number of nitrogens with zero attached hydrogens (tertiary/aromatic N) is 2. The molecule has 0 bridgehead atoms. The second-order valence-electron chi connectivity index (χ2n) is 6.00. The van der Waals surface area contributed by atoms with Gasteiger partial charge in [0.1, 0.15) is 5.54 Å². The van der Waals surface area contributed by atoms with Crippen molar-refractivity contribution in [3.05, 3.63) is 53.7 Å². The number of aliphatic imine (C=N–C) groups is 1. The molecule has 0 saturated heterocycles. The number of allylic oxidation sites excluding steroid dienone is 1. The number of nitrogens with two attached hydrogens (primary N) is 1. The molecule has 0 unspecified atom stereocenters. The number of carbonyl (C=O) groups excluding carboxylic acids is 1. The van der Waals surface area contributed by atoms with E-state index in [0.29, 0.717) is 11.3 Å². The quantitative estimate of drug-likeness (QED) is 0.846. The third kappa shape index (κ3) is 3.61. The van der Waals surface area contributed by atoms with Gasteiger partial charge in [-0.2, -0.15) is 5.26 Å². The van der Waals surface area contributed by atoms with E-state index in [1.807, 2.05) is 31.2 Å². The van der Waals surface area contributed by atoms with Gasteiger partial charge in [-0.25, -0.2) is 0 Å². The summed E-state index contributed by atoms with van der Waals surface area (Å²) in [7, 11) is 0. The van der Waals surface area contributed by atoms with Crippen LogP contribution < -0.4 is 11.1 Å². The van der Waals surface area contributed by atoms with E-state index >= 15 is 0 Å². The Bertz CT molecular complexity index is 873. The highest BCUT2D eigenvalue weighted by Crippen LogP contribution is 2.27. The monoisotopic (exact) mass is 320 g/mol. The highest BCUT2D eigenvalue weighted by Gasteiger charge is 2.26. The summed E-state index contributed by atoms with van der Waals surface area (Å²) in [6.07, 6.45) is 3.02. The third-order valence-electron chi connectivity index (χ3n) is 3.70. The Balaban J connectivity index is 2.35. The van der Waals surface area contributed by atoms with Crippen molar-refractivity contribution >= 4 is 28.6 Å². The topological polar surface area (TPSA) is 91.3 Å². The minimum Gasteiger partial charge on any atom is -0.404 e. The fraction of sp³-hybridized carbons (Fsp3) is 0.211. The summed E-state index contributed by atoms with van der Waals surface area (Å²) >= 11 is 0. The van der Waals surface area contributed by atoms with Crippen LogP contribution >= 0.6 is 0 Å². The van der Waals surface area contributed by atoms with E-state index < -0.39 is 5.54 Å². The molecule has 0 fully saturated rings. The number of hydrogen-bond acceptors (Lipinski definition) is 4. The first-order valence-electron chi connectivity index (χ1n) is 7.56. The van der Waals surface area contributed by atoms with Crippen LogP contribution in [0.5, 0.6) is 0 Å². The summed E-state index contributed by atoms with van der Waals surface area (Å²) < 4.78 is 0. The SMILES string of the molecule is CC(C=NC(C)(C)C(=O)Nc1ccc(C#N)c2ccccc12)=CN. The number of nitrogens with one attached hydrogen (secondary N) is 1. The summed E-state index contributed by atoms with van der Waals surface area (Å²) in [5, 5.41) is 13.7. The second-order valence-corrected chi connectivity index (χ2v) is 6.00. The number of carbonyl (C=O) groups is 1. The van der Waals surface area contributed by atoms with E-state index in [-0.39, 0.29) is 5.91 Å². The van der Waals surface area contributed by atoms with Crippen molar-refractivity contribution in [2.45, 2.75) is 26.3 Å². The molecule has 0 aliphatic carbocycles. The maximum absolute atomic E-state index is 12.6. The largest absolute Gasteiger partial charge is 0.404 e. The molecule has 5 nitrogen and oxygen atoms in total. The summed E-state index contributed by atoms with van der Waals surface area (Å²) in [4.78, 5) is 16.9. The first kappa shape index (κ1) is 17.2. The van der Waals surface area contributed by atoms with Crippen molar-refractivity contribution in [1.82, 2.24) is 0 Å². The lowest BCUT2D eigenvalue weighted by atomic mass is 10.0. The first-order chi connectivity index (χ1) is 11.4. The van der Waals surface area contributed by atoms with Crippen LogP contribution in [0, 0.1) is 11.3 Å². The van der Waals surface area contributed by atoms with Crippen LogP contribution in [0.4, 0.5) is 5.69 Å². The number of fused-ring (bicyclic) bond motifs is 1. The Morgan fingerprint density at radius 3 is 2.54 bits per heavy atom. The van der Waals surface area contributed by atoms with Gasteiger partial charge in [0, 0.05) is 22.7 Å². The number of benzene rings is 2. The van der Waals surface area contributed by atoms with Crippen LogP contribution in [0.2, 0.25) is 0 Å². The zero-order valence-corrected chi connectivity index (χ0v) is 14.0. The number of hydrogen-bond donors (Lipinski definition) is 2. The fourth-order valence-corrected chi connectivity index (χ4v) is 2.15. The molecular weight excluding hydrogens is 300 g/mol. The van der Waals surface area contributed by atoms with Crippen LogP contribution in [0.1, 0.15) is 26.3 Å². The molecule has 2 aromatic rings. The van der Waals surface area contributed by atoms with Gasteiger partial charge in [0.05, 0.1) is 11.6 Å². The van der Waals surface area contributed by atoms with Crippen molar-refractivity contribution in [2.75, 3.05) is 5.32 Å². The molecule has 24 heavy (non-hydrogen) atoms. The van der Waals surface area contributed by atoms with Gasteiger partial charge in [0.15, 0.2) is 0 Å². The molecule has 0 aliphatic rings. The molecule has 0 heterocycles. The summed E-state index contributed by atoms with van der Waals surface area (Å²) in [6, 6.07) is 13.1. The van der Waals surface area contributed by atoms with Gasteiger partial charge >= 0.3 is 0 Å². The number of anilines is 1. The molecule has 0 spiro atoms. The lowest BCUT2D eigenvalue weighted by Crippen LogP contribution is -2.35. The molecule has 122 valence electrons. The van der Waals surface area contributed by atoms with E-state index in [4.69, 9.17) is 5.73 Å². The average Bonchev–Trinajstić information content (AvgIpc) is 2.59. The summed E-state index contributed by atoms with van der Waals surface area (Å²) in [5.74, 6) is -0.238. The Morgan fingerprint density at radius 2 is 1.92 bits per heavy atom. The van der Waals surface area contributed by atoms with E-state index in [0.717, 1.165) is 16.3 Å². The Hall–Kier alpha value is -3.13. The maximum atomic E-state index is 12.6. The molecular formula is C19H20N4O. The number of nitriles is 1. The predicted octanol–water partition coefficient (Wildman–Crippen LogP) is 3.36. The molecule has 0 radical (unpaired) electrons. The van der Waals surface area contributed by atoms with Gasteiger partial charge in [-0.15, -0.1) is 0 Å². The third-order valence-corrected chi connectivity index (χ3v) is 3.70. The standard InChI is InChI=1S/C19H20N4O/c1-13(10-20)12-22-19(2,3)18(24)23-17-9-8-14(11-21)15-6-4-5-7-16(15)17/h4-10,12H,20H2,1-3H3,(H,23,24). The molecule has 3 N–H and O–H groups in total. The predicted molar refractivity (Wildman–Crippen MR) is 97.8 cm³/mol. The Kier molecular flexibility index (Phi) is 5.00. The molecule has 1 amide bonds. The number of rotatable bonds is 4. The fourth-order valence-electron chi connectivity index (χ4n) is 2.15.